The van der Waals surface area contributed by atoms with Gasteiger partial charge in [-0.3, -0.25) is 4.90 Å². The summed E-state index contributed by atoms with van der Waals surface area (Å²) in [6.07, 6.45) is 1.05. The molecule has 0 bridgehead atoms. The zero-order valence-corrected chi connectivity index (χ0v) is 14.4. The Morgan fingerprint density at radius 2 is 2.00 bits per heavy atom. The summed E-state index contributed by atoms with van der Waals surface area (Å²) in [5, 5.41) is 19.1. The predicted molar refractivity (Wildman–Crippen MR) is 91.4 cm³/mol. The number of nitrogens with zero attached hydrogens (tertiary/aromatic N) is 4. The number of hydrogen-bond acceptors (Lipinski definition) is 5. The minimum Gasteiger partial charge on any atom is -0.388 e. The predicted octanol–water partition coefficient (Wildman–Crippen LogP) is 1.70. The van der Waals surface area contributed by atoms with Crippen LogP contribution >= 0.6 is 0 Å². The summed E-state index contributed by atoms with van der Waals surface area (Å²) in [4.78, 5) is 2.35. The van der Waals surface area contributed by atoms with Gasteiger partial charge < -0.3 is 14.4 Å². The van der Waals surface area contributed by atoms with E-state index in [1.54, 1.807) is 0 Å². The van der Waals surface area contributed by atoms with E-state index in [4.69, 9.17) is 4.74 Å². The lowest BCUT2D eigenvalue weighted by Gasteiger charge is -2.36. The summed E-state index contributed by atoms with van der Waals surface area (Å²) in [6, 6.07) is 9.99. The molecule has 0 amide bonds. The Bertz CT molecular complexity index is 644. The number of rotatable bonds is 6. The number of aryl methyl sites for hydroxylation is 1. The van der Waals surface area contributed by atoms with Gasteiger partial charge in [-0.05, 0) is 12.0 Å². The zero-order valence-electron chi connectivity index (χ0n) is 14.4. The van der Waals surface area contributed by atoms with Crippen LogP contribution in [0.5, 0.6) is 0 Å². The van der Waals surface area contributed by atoms with Gasteiger partial charge in [0.1, 0.15) is 11.6 Å². The van der Waals surface area contributed by atoms with Crippen LogP contribution in [0.15, 0.2) is 30.3 Å². The van der Waals surface area contributed by atoms with Crippen molar-refractivity contribution in [3.05, 3.63) is 47.5 Å². The van der Waals surface area contributed by atoms with Crippen molar-refractivity contribution < 1.29 is 9.84 Å². The van der Waals surface area contributed by atoms with E-state index in [1.165, 1.54) is 0 Å². The molecule has 2 aromatic rings. The standard InChI is InChI=1S/C18H26N4O2/c1-3-17-19-20-18(21(17)2)12-22-9-10-24-13-15(22)11-16(23)14-7-5-4-6-8-14/h4-8,15-16,23H,3,9-13H2,1-2H3. The van der Waals surface area contributed by atoms with E-state index < -0.39 is 6.10 Å². The van der Waals surface area contributed by atoms with Crippen molar-refractivity contribution in [1.82, 2.24) is 19.7 Å². The van der Waals surface area contributed by atoms with Gasteiger partial charge in [-0.15, -0.1) is 10.2 Å². The molecule has 0 radical (unpaired) electrons. The number of benzene rings is 1. The Labute approximate surface area is 143 Å². The van der Waals surface area contributed by atoms with Crippen LogP contribution < -0.4 is 0 Å². The number of aliphatic hydroxyl groups is 1. The monoisotopic (exact) mass is 330 g/mol. The van der Waals surface area contributed by atoms with Crippen molar-refractivity contribution in [3.63, 3.8) is 0 Å². The van der Waals surface area contributed by atoms with Gasteiger partial charge in [-0.1, -0.05) is 37.3 Å². The fourth-order valence-electron chi connectivity index (χ4n) is 3.21. The highest BCUT2D eigenvalue weighted by atomic mass is 16.5. The Morgan fingerprint density at radius 3 is 2.71 bits per heavy atom. The third kappa shape index (κ3) is 3.83. The largest absolute Gasteiger partial charge is 0.388 e. The summed E-state index contributed by atoms with van der Waals surface area (Å²) in [5.74, 6) is 1.96. The molecule has 1 N–H and O–H groups in total. The molecule has 2 atom stereocenters. The highest BCUT2D eigenvalue weighted by Crippen LogP contribution is 2.23. The Morgan fingerprint density at radius 1 is 1.25 bits per heavy atom. The zero-order chi connectivity index (χ0) is 16.9. The Balaban J connectivity index is 1.68. The Hall–Kier alpha value is -1.76. The van der Waals surface area contributed by atoms with Gasteiger partial charge in [0.2, 0.25) is 0 Å². The number of ether oxygens (including phenoxy) is 1. The first-order valence-corrected chi connectivity index (χ1v) is 8.61. The molecule has 130 valence electrons. The fraction of sp³-hybridized carbons (Fsp3) is 0.556. The summed E-state index contributed by atoms with van der Waals surface area (Å²) < 4.78 is 7.72. The maximum absolute atomic E-state index is 10.5. The molecule has 0 aliphatic carbocycles. The molecular weight excluding hydrogens is 304 g/mol. The molecule has 1 aromatic carbocycles. The maximum atomic E-state index is 10.5. The quantitative estimate of drug-likeness (QED) is 0.873. The van der Waals surface area contributed by atoms with Crippen LogP contribution in [0.3, 0.4) is 0 Å². The molecule has 0 spiro atoms. The molecule has 2 heterocycles. The van der Waals surface area contributed by atoms with Crippen LogP contribution in [0.2, 0.25) is 0 Å². The lowest BCUT2D eigenvalue weighted by molar-refractivity contribution is -0.0313. The van der Waals surface area contributed by atoms with E-state index in [0.29, 0.717) is 13.0 Å². The first-order chi connectivity index (χ1) is 11.7. The van der Waals surface area contributed by atoms with Gasteiger partial charge in [0.15, 0.2) is 0 Å². The fourth-order valence-corrected chi connectivity index (χ4v) is 3.21. The first kappa shape index (κ1) is 17.1. The van der Waals surface area contributed by atoms with Crippen molar-refractivity contribution in [2.75, 3.05) is 19.8 Å². The topological polar surface area (TPSA) is 63.4 Å². The van der Waals surface area contributed by atoms with Crippen molar-refractivity contribution in [2.24, 2.45) is 7.05 Å². The third-order valence-electron chi connectivity index (χ3n) is 4.75. The van der Waals surface area contributed by atoms with Crippen LogP contribution in [0, 0.1) is 0 Å². The van der Waals surface area contributed by atoms with E-state index in [0.717, 1.165) is 43.3 Å². The van der Waals surface area contributed by atoms with E-state index in [9.17, 15) is 5.11 Å². The van der Waals surface area contributed by atoms with Gasteiger partial charge in [0.05, 0.1) is 25.9 Å². The van der Waals surface area contributed by atoms with Gasteiger partial charge in [0.25, 0.3) is 0 Å². The normalized spacial score (nSPS) is 20.2. The lowest BCUT2D eigenvalue weighted by atomic mass is 10.0. The van der Waals surface area contributed by atoms with Crippen LogP contribution in [0.4, 0.5) is 0 Å². The minimum absolute atomic E-state index is 0.177. The molecule has 2 unspecified atom stereocenters. The molecule has 3 rings (SSSR count). The summed E-state index contributed by atoms with van der Waals surface area (Å²) in [6.45, 7) is 5.03. The molecule has 6 heteroatoms. The van der Waals surface area contributed by atoms with Crippen molar-refractivity contribution in [2.45, 2.75) is 38.5 Å². The van der Waals surface area contributed by atoms with Crippen molar-refractivity contribution >= 4 is 0 Å². The second kappa shape index (κ2) is 7.88. The van der Waals surface area contributed by atoms with Gasteiger partial charge in [0, 0.05) is 26.1 Å². The highest BCUT2D eigenvalue weighted by molar-refractivity contribution is 5.17. The van der Waals surface area contributed by atoms with Gasteiger partial charge in [-0.25, -0.2) is 0 Å². The van der Waals surface area contributed by atoms with Crippen molar-refractivity contribution in [3.8, 4) is 0 Å². The van der Waals surface area contributed by atoms with Crippen molar-refractivity contribution in [1.29, 1.82) is 0 Å². The first-order valence-electron chi connectivity index (χ1n) is 8.61. The third-order valence-corrected chi connectivity index (χ3v) is 4.75. The van der Waals surface area contributed by atoms with Crippen LogP contribution in [-0.2, 0) is 24.8 Å². The van der Waals surface area contributed by atoms with Gasteiger partial charge in [-0.2, -0.15) is 0 Å². The average Bonchev–Trinajstić information content (AvgIpc) is 2.97. The molecule has 6 nitrogen and oxygen atoms in total. The number of aromatic nitrogens is 3. The Kier molecular flexibility index (Phi) is 5.60. The molecule has 0 saturated carbocycles. The highest BCUT2D eigenvalue weighted by Gasteiger charge is 2.27. The summed E-state index contributed by atoms with van der Waals surface area (Å²) in [7, 11) is 2.02. The minimum atomic E-state index is -0.480. The van der Waals surface area contributed by atoms with E-state index in [2.05, 4.69) is 26.6 Å². The molecule has 1 aliphatic rings. The molecular formula is C18H26N4O2. The van der Waals surface area contributed by atoms with E-state index in [1.807, 2.05) is 37.4 Å². The van der Waals surface area contributed by atoms with Gasteiger partial charge >= 0.3 is 0 Å². The second-order valence-electron chi connectivity index (χ2n) is 6.31. The smallest absolute Gasteiger partial charge is 0.146 e. The van der Waals surface area contributed by atoms with E-state index >= 15 is 0 Å². The van der Waals surface area contributed by atoms with Crippen LogP contribution in [-0.4, -0.2) is 50.6 Å². The summed E-state index contributed by atoms with van der Waals surface area (Å²) >= 11 is 0. The second-order valence-corrected chi connectivity index (χ2v) is 6.31. The molecule has 1 fully saturated rings. The van der Waals surface area contributed by atoms with Crippen LogP contribution in [0.25, 0.3) is 0 Å². The van der Waals surface area contributed by atoms with Crippen LogP contribution in [0.1, 0.15) is 36.7 Å². The number of aliphatic hydroxyl groups excluding tert-OH is 1. The lowest BCUT2D eigenvalue weighted by Crippen LogP contribution is -2.46. The molecule has 1 aliphatic heterocycles. The maximum Gasteiger partial charge on any atom is 0.146 e. The molecule has 1 saturated heterocycles. The number of morpholine rings is 1. The molecule has 24 heavy (non-hydrogen) atoms. The summed E-state index contributed by atoms with van der Waals surface area (Å²) in [5.41, 5.74) is 0.954. The van der Waals surface area contributed by atoms with E-state index in [-0.39, 0.29) is 6.04 Å². The SMILES string of the molecule is CCc1nnc(CN2CCOCC2CC(O)c2ccccc2)n1C. The molecule has 1 aromatic heterocycles. The average molecular weight is 330 g/mol. The number of hydrogen-bond donors (Lipinski definition) is 1.